The second-order valence-corrected chi connectivity index (χ2v) is 10.9. The summed E-state index contributed by atoms with van der Waals surface area (Å²) in [6.07, 6.45) is 1.83. The number of hydrogen-bond donors (Lipinski definition) is 2. The van der Waals surface area contributed by atoms with Crippen LogP contribution >= 0.6 is 0 Å². The van der Waals surface area contributed by atoms with Gasteiger partial charge in [-0.05, 0) is 75.6 Å². The highest BCUT2D eigenvalue weighted by molar-refractivity contribution is 5.76. The van der Waals surface area contributed by atoms with Crippen LogP contribution in [0.25, 0.3) is 0 Å². The Morgan fingerprint density at radius 3 is 2.20 bits per heavy atom. The first-order valence-electron chi connectivity index (χ1n) is 14.3. The monoisotopic (exact) mass is 558 g/mol. The second kappa shape index (κ2) is 12.9. The third-order valence-corrected chi connectivity index (χ3v) is 7.76. The van der Waals surface area contributed by atoms with Gasteiger partial charge in [-0.2, -0.15) is 0 Å². The van der Waals surface area contributed by atoms with Crippen molar-refractivity contribution in [3.05, 3.63) is 59.2 Å². The molecule has 2 fully saturated rings. The third-order valence-electron chi connectivity index (χ3n) is 7.76. The van der Waals surface area contributed by atoms with Crippen LogP contribution in [0.3, 0.4) is 0 Å². The number of ether oxygens (including phenoxy) is 2. The Kier molecular flexibility index (Phi) is 9.53. The average Bonchev–Trinajstić information content (AvgIpc) is 3.71. The van der Waals surface area contributed by atoms with E-state index in [0.717, 1.165) is 24.0 Å². The summed E-state index contributed by atoms with van der Waals surface area (Å²) in [6, 6.07) is 11.0. The van der Waals surface area contributed by atoms with E-state index in [4.69, 9.17) is 9.47 Å². The summed E-state index contributed by atoms with van der Waals surface area (Å²) in [4.78, 5) is 26.1. The molecule has 0 aromatic heterocycles. The van der Waals surface area contributed by atoms with Crippen LogP contribution in [0.5, 0.6) is 11.5 Å². The van der Waals surface area contributed by atoms with E-state index in [1.54, 1.807) is 30.3 Å². The topological polar surface area (TPSA) is 88.1 Å². The van der Waals surface area contributed by atoms with Gasteiger partial charge < -0.3 is 24.8 Å². The molecule has 0 bridgehead atoms. The molecule has 2 N–H and O–H groups in total. The molecule has 0 unspecified atom stereocenters. The highest BCUT2D eigenvalue weighted by Crippen LogP contribution is 2.50. The summed E-state index contributed by atoms with van der Waals surface area (Å²) in [6.45, 7) is 6.37. The van der Waals surface area contributed by atoms with Crippen LogP contribution in [-0.4, -0.2) is 53.7 Å². The molecule has 2 amide bonds. The number of amides is 2. The van der Waals surface area contributed by atoms with E-state index in [-0.39, 0.29) is 12.6 Å². The molecule has 0 spiro atoms. The van der Waals surface area contributed by atoms with Gasteiger partial charge >= 0.3 is 12.0 Å². The number of carboxylic acids is 1. The van der Waals surface area contributed by atoms with Crippen LogP contribution in [0.4, 0.5) is 13.6 Å². The molecule has 2 aromatic carbocycles. The highest BCUT2D eigenvalue weighted by Gasteiger charge is 2.38. The van der Waals surface area contributed by atoms with Gasteiger partial charge in [-0.25, -0.2) is 13.6 Å². The molecule has 2 saturated carbocycles. The number of hydrogen-bond acceptors (Lipinski definition) is 4. The molecule has 7 nitrogen and oxygen atoms in total. The predicted octanol–water partition coefficient (Wildman–Crippen LogP) is 6.57. The number of carbonyl (C=O) groups excluding carboxylic acids is 1. The minimum atomic E-state index is -3.02. The Morgan fingerprint density at radius 2 is 1.68 bits per heavy atom. The van der Waals surface area contributed by atoms with E-state index < -0.39 is 42.7 Å². The Bertz CT molecular complexity index is 1140. The Morgan fingerprint density at radius 1 is 1.07 bits per heavy atom. The fraction of sp³-hybridized carbons (Fsp3) is 0.548. The van der Waals surface area contributed by atoms with E-state index >= 15 is 8.78 Å². The van der Waals surface area contributed by atoms with Crippen molar-refractivity contribution in [2.75, 3.05) is 19.8 Å². The van der Waals surface area contributed by atoms with Gasteiger partial charge in [0.25, 0.3) is 5.92 Å². The van der Waals surface area contributed by atoms with Crippen LogP contribution in [0.15, 0.2) is 42.5 Å². The molecule has 9 heteroatoms. The number of rotatable bonds is 14. The van der Waals surface area contributed by atoms with Crippen molar-refractivity contribution in [2.24, 2.45) is 5.92 Å². The molecular weight excluding hydrogens is 518 g/mol. The molecule has 40 heavy (non-hydrogen) atoms. The zero-order valence-corrected chi connectivity index (χ0v) is 23.5. The van der Waals surface area contributed by atoms with Crippen molar-refractivity contribution >= 4 is 12.0 Å². The average molecular weight is 559 g/mol. The zero-order chi connectivity index (χ0) is 28.9. The van der Waals surface area contributed by atoms with Gasteiger partial charge in [0, 0.05) is 31.0 Å². The number of benzene rings is 2. The van der Waals surface area contributed by atoms with Crippen LogP contribution in [-0.2, 0) is 11.2 Å². The minimum absolute atomic E-state index is 0.180. The maximum absolute atomic E-state index is 15.1. The van der Waals surface area contributed by atoms with Crippen molar-refractivity contribution in [2.45, 2.75) is 83.2 Å². The quantitative estimate of drug-likeness (QED) is 0.274. The summed E-state index contributed by atoms with van der Waals surface area (Å²) >= 11 is 0. The molecule has 2 aromatic rings. The van der Waals surface area contributed by atoms with Crippen LogP contribution in [0.2, 0.25) is 0 Å². The fourth-order valence-electron chi connectivity index (χ4n) is 5.30. The second-order valence-electron chi connectivity index (χ2n) is 10.9. The lowest BCUT2D eigenvalue weighted by atomic mass is 9.80. The number of carboxylic acid groups (broad SMARTS) is 1. The molecule has 0 saturated heterocycles. The number of carbonyl (C=O) groups is 2. The fourth-order valence-corrected chi connectivity index (χ4v) is 5.30. The zero-order valence-electron chi connectivity index (χ0n) is 23.5. The first-order valence-corrected chi connectivity index (χ1v) is 14.3. The largest absolute Gasteiger partial charge is 0.493 e. The van der Waals surface area contributed by atoms with Gasteiger partial charge in [-0.15, -0.1) is 0 Å². The van der Waals surface area contributed by atoms with Gasteiger partial charge in [0.1, 0.15) is 11.5 Å². The summed E-state index contributed by atoms with van der Waals surface area (Å²) < 4.78 is 42.2. The lowest BCUT2D eigenvalue weighted by Crippen LogP contribution is -2.52. The van der Waals surface area contributed by atoms with Crippen molar-refractivity contribution in [1.29, 1.82) is 0 Å². The SMILES string of the molecule is CCOc1cc([C@@H](C)N(CCC(F)(F)Cc2ccccc2)C(=O)NC2CC(C(=O)O)C2)cc(OCC)c1C1CC1. The van der Waals surface area contributed by atoms with E-state index in [1.807, 2.05) is 32.9 Å². The van der Waals surface area contributed by atoms with E-state index in [2.05, 4.69) is 5.32 Å². The van der Waals surface area contributed by atoms with E-state index in [9.17, 15) is 14.7 Å². The van der Waals surface area contributed by atoms with E-state index in [1.165, 1.54) is 4.90 Å². The van der Waals surface area contributed by atoms with E-state index in [0.29, 0.717) is 49.0 Å². The third kappa shape index (κ3) is 7.43. The van der Waals surface area contributed by atoms with Gasteiger partial charge in [0.2, 0.25) is 0 Å². The standard InChI is InChI=1S/C31H40F2N2O5/c1-4-39-26-17-23(18-27(40-5-2)28(26)22-11-12-22)20(3)35(30(38)34-25-15-24(16-25)29(36)37)14-13-31(32,33)19-21-9-7-6-8-10-21/h6-10,17-18,20,22,24-25H,4-5,11-16,19H2,1-3H3,(H,34,38)(H,36,37)/t20-,24?,25?/m1/s1. The van der Waals surface area contributed by atoms with Gasteiger partial charge in [0.05, 0.1) is 25.2 Å². The summed E-state index contributed by atoms with van der Waals surface area (Å²) in [7, 11) is 0. The molecule has 1 atom stereocenters. The number of halogens is 2. The first-order chi connectivity index (χ1) is 19.1. The number of nitrogens with zero attached hydrogens (tertiary/aromatic N) is 1. The Hall–Kier alpha value is -3.36. The number of alkyl halides is 2. The van der Waals surface area contributed by atoms with Gasteiger partial charge in [0.15, 0.2) is 0 Å². The first kappa shape index (κ1) is 29.6. The normalized spacial score (nSPS) is 19.3. The lowest BCUT2D eigenvalue weighted by Gasteiger charge is -2.37. The molecule has 0 heterocycles. The molecule has 2 aliphatic carbocycles. The van der Waals surface area contributed by atoms with Crippen molar-refractivity contribution < 1.29 is 33.0 Å². The maximum Gasteiger partial charge on any atom is 0.318 e. The predicted molar refractivity (Wildman–Crippen MR) is 148 cm³/mol. The smallest absolute Gasteiger partial charge is 0.318 e. The lowest BCUT2D eigenvalue weighted by molar-refractivity contribution is -0.145. The highest BCUT2D eigenvalue weighted by atomic mass is 19.3. The summed E-state index contributed by atoms with van der Waals surface area (Å²) in [5.74, 6) is -2.63. The van der Waals surface area contributed by atoms with Crippen LogP contribution in [0, 0.1) is 5.92 Å². The van der Waals surface area contributed by atoms with Crippen LogP contribution in [0.1, 0.15) is 81.5 Å². The number of urea groups is 1. The summed E-state index contributed by atoms with van der Waals surface area (Å²) in [5, 5.41) is 12.1. The molecule has 218 valence electrons. The van der Waals surface area contributed by atoms with Crippen LogP contribution < -0.4 is 14.8 Å². The Labute approximate surface area is 234 Å². The Balaban J connectivity index is 1.57. The molecule has 0 aliphatic heterocycles. The molecule has 2 aliphatic rings. The minimum Gasteiger partial charge on any atom is -0.493 e. The van der Waals surface area contributed by atoms with Crippen molar-refractivity contribution in [1.82, 2.24) is 10.2 Å². The molecule has 4 rings (SSSR count). The van der Waals surface area contributed by atoms with Crippen molar-refractivity contribution in [3.63, 3.8) is 0 Å². The molecule has 0 radical (unpaired) electrons. The van der Waals surface area contributed by atoms with Gasteiger partial charge in [-0.1, -0.05) is 30.3 Å². The summed E-state index contributed by atoms with van der Waals surface area (Å²) in [5.41, 5.74) is 2.29. The number of nitrogens with one attached hydrogen (secondary N) is 1. The van der Waals surface area contributed by atoms with Crippen molar-refractivity contribution in [3.8, 4) is 11.5 Å². The number of aliphatic carboxylic acids is 1. The van der Waals surface area contributed by atoms with Gasteiger partial charge in [-0.3, -0.25) is 4.79 Å². The maximum atomic E-state index is 15.1. The molecular formula is C31H40F2N2O5.